The van der Waals surface area contributed by atoms with Gasteiger partial charge in [-0.05, 0) is 25.2 Å². The fraction of sp³-hybridized carbons (Fsp3) is 0.800. The minimum absolute atomic E-state index is 0.146. The lowest BCUT2D eigenvalue weighted by molar-refractivity contribution is -0.0824. The van der Waals surface area contributed by atoms with E-state index in [0.29, 0.717) is 10.9 Å². The van der Waals surface area contributed by atoms with Crippen LogP contribution in [0.4, 0.5) is 0 Å². The molecule has 1 aromatic heterocycles. The van der Waals surface area contributed by atoms with Gasteiger partial charge in [-0.25, -0.2) is 5.43 Å². The minimum Gasteiger partial charge on any atom is -0.376 e. The lowest BCUT2D eigenvalue weighted by Crippen LogP contribution is -2.51. The molecular weight excluding hydrogens is 288 g/mol. The highest BCUT2D eigenvalue weighted by molar-refractivity contribution is 6.31. The van der Waals surface area contributed by atoms with E-state index in [4.69, 9.17) is 22.2 Å². The molecule has 21 heavy (non-hydrogen) atoms. The second-order valence-corrected chi connectivity index (χ2v) is 6.58. The molecule has 6 heteroatoms. The van der Waals surface area contributed by atoms with Crippen molar-refractivity contribution in [2.24, 2.45) is 11.8 Å². The molecule has 0 bridgehead atoms. The summed E-state index contributed by atoms with van der Waals surface area (Å²) in [6.45, 7) is 5.22. The summed E-state index contributed by atoms with van der Waals surface area (Å²) in [4.78, 5) is 0. The first-order valence-corrected chi connectivity index (χ1v) is 8.18. The van der Waals surface area contributed by atoms with Crippen molar-refractivity contribution in [3.63, 3.8) is 0 Å². The fourth-order valence-corrected chi connectivity index (χ4v) is 3.89. The van der Waals surface area contributed by atoms with E-state index in [2.05, 4.69) is 24.4 Å². The highest BCUT2D eigenvalue weighted by Gasteiger charge is 2.44. The van der Waals surface area contributed by atoms with Crippen LogP contribution in [0.2, 0.25) is 5.02 Å². The third-order valence-electron chi connectivity index (χ3n) is 4.63. The number of rotatable bonds is 6. The van der Waals surface area contributed by atoms with Gasteiger partial charge in [0.15, 0.2) is 0 Å². The van der Waals surface area contributed by atoms with Crippen LogP contribution >= 0.6 is 11.6 Å². The maximum atomic E-state index is 6.39. The zero-order valence-electron chi connectivity index (χ0n) is 13.2. The third-order valence-corrected chi connectivity index (χ3v) is 4.92. The number of nitrogens with one attached hydrogen (secondary N) is 1. The van der Waals surface area contributed by atoms with Crippen LogP contribution in [0.15, 0.2) is 6.20 Å². The van der Waals surface area contributed by atoms with Gasteiger partial charge in [0, 0.05) is 13.7 Å². The number of nitrogens with two attached hydrogens (primary N) is 1. The molecule has 0 aromatic carbocycles. The van der Waals surface area contributed by atoms with Crippen LogP contribution in [0, 0.1) is 5.92 Å². The first-order chi connectivity index (χ1) is 10.1. The molecule has 5 nitrogen and oxygen atoms in total. The Morgan fingerprint density at radius 2 is 2.43 bits per heavy atom. The van der Waals surface area contributed by atoms with Crippen LogP contribution in [-0.2, 0) is 11.3 Å². The summed E-state index contributed by atoms with van der Waals surface area (Å²) in [6, 6.07) is -0.146. The van der Waals surface area contributed by atoms with E-state index < -0.39 is 0 Å². The maximum Gasteiger partial charge on any atom is 0.0933 e. The first-order valence-electron chi connectivity index (χ1n) is 7.80. The Labute approximate surface area is 132 Å². The van der Waals surface area contributed by atoms with Crippen molar-refractivity contribution in [3.8, 4) is 0 Å². The van der Waals surface area contributed by atoms with Crippen LogP contribution in [-0.4, -0.2) is 22.5 Å². The highest BCUT2D eigenvalue weighted by atomic mass is 35.5. The molecule has 1 heterocycles. The molecule has 3 N–H and O–H groups in total. The van der Waals surface area contributed by atoms with Crippen molar-refractivity contribution in [2.45, 2.75) is 64.1 Å². The molecule has 2 rings (SSSR count). The lowest BCUT2D eigenvalue weighted by Gasteiger charge is -2.44. The molecule has 120 valence electrons. The van der Waals surface area contributed by atoms with E-state index in [9.17, 15) is 0 Å². The van der Waals surface area contributed by atoms with Gasteiger partial charge in [0.1, 0.15) is 0 Å². The molecule has 1 aliphatic carbocycles. The van der Waals surface area contributed by atoms with Gasteiger partial charge in [0.05, 0.1) is 28.6 Å². The molecule has 0 aliphatic heterocycles. The Kier molecular flexibility index (Phi) is 5.66. The average molecular weight is 315 g/mol. The van der Waals surface area contributed by atoms with Gasteiger partial charge in [0.2, 0.25) is 0 Å². The number of methoxy groups -OCH3 is 1. The van der Waals surface area contributed by atoms with Crippen molar-refractivity contribution in [2.75, 3.05) is 7.11 Å². The molecule has 3 atom stereocenters. The van der Waals surface area contributed by atoms with Crippen molar-refractivity contribution in [3.05, 3.63) is 16.9 Å². The van der Waals surface area contributed by atoms with E-state index >= 15 is 0 Å². The Morgan fingerprint density at radius 3 is 3.00 bits per heavy atom. The average Bonchev–Trinajstić information content (AvgIpc) is 2.82. The lowest BCUT2D eigenvalue weighted by atomic mass is 9.73. The van der Waals surface area contributed by atoms with Crippen LogP contribution in [0.5, 0.6) is 0 Å². The molecule has 1 aromatic rings. The predicted molar refractivity (Wildman–Crippen MR) is 85.0 cm³/mol. The number of nitrogens with zero attached hydrogens (tertiary/aromatic N) is 2. The van der Waals surface area contributed by atoms with Crippen molar-refractivity contribution in [1.29, 1.82) is 0 Å². The Morgan fingerprint density at radius 1 is 1.67 bits per heavy atom. The van der Waals surface area contributed by atoms with E-state index in [1.165, 1.54) is 6.42 Å². The van der Waals surface area contributed by atoms with E-state index in [0.717, 1.165) is 37.9 Å². The Hall–Kier alpha value is -0.620. The summed E-state index contributed by atoms with van der Waals surface area (Å²) in [7, 11) is 1.77. The SMILES string of the molecule is CCCn1ncc(Cl)c1C(NN)C1(OC)CCCC(C)C1. The molecule has 3 unspecified atom stereocenters. The second kappa shape index (κ2) is 7.09. The van der Waals surface area contributed by atoms with Gasteiger partial charge in [-0.1, -0.05) is 38.3 Å². The van der Waals surface area contributed by atoms with Gasteiger partial charge >= 0.3 is 0 Å². The minimum atomic E-state index is -0.318. The number of aromatic nitrogens is 2. The summed E-state index contributed by atoms with van der Waals surface area (Å²) < 4.78 is 7.92. The molecule has 0 spiro atoms. The second-order valence-electron chi connectivity index (χ2n) is 6.17. The fourth-order valence-electron chi connectivity index (χ4n) is 3.64. The molecule has 0 saturated heterocycles. The van der Waals surface area contributed by atoms with E-state index in [-0.39, 0.29) is 11.6 Å². The predicted octanol–water partition coefficient (Wildman–Crippen LogP) is 3.05. The summed E-state index contributed by atoms with van der Waals surface area (Å²) in [5.41, 5.74) is 3.58. The van der Waals surface area contributed by atoms with E-state index in [1.807, 2.05) is 4.68 Å². The van der Waals surface area contributed by atoms with Crippen LogP contribution in [0.3, 0.4) is 0 Å². The number of halogens is 1. The quantitative estimate of drug-likeness (QED) is 0.625. The number of ether oxygens (including phenoxy) is 1. The van der Waals surface area contributed by atoms with Crippen LogP contribution in [0.1, 0.15) is 57.7 Å². The summed E-state index contributed by atoms with van der Waals surface area (Å²) >= 11 is 6.39. The number of hydrogen-bond acceptors (Lipinski definition) is 4. The Bertz CT molecular complexity index is 465. The van der Waals surface area contributed by atoms with Crippen LogP contribution < -0.4 is 11.3 Å². The van der Waals surface area contributed by atoms with Gasteiger partial charge in [-0.3, -0.25) is 10.5 Å². The monoisotopic (exact) mass is 314 g/mol. The highest BCUT2D eigenvalue weighted by Crippen LogP contribution is 2.44. The van der Waals surface area contributed by atoms with E-state index in [1.54, 1.807) is 13.3 Å². The zero-order valence-corrected chi connectivity index (χ0v) is 14.0. The summed E-state index contributed by atoms with van der Waals surface area (Å²) in [6.07, 6.45) is 7.05. The number of aryl methyl sites for hydroxylation is 1. The van der Waals surface area contributed by atoms with Crippen molar-refractivity contribution < 1.29 is 4.74 Å². The topological polar surface area (TPSA) is 65.1 Å². The van der Waals surface area contributed by atoms with Gasteiger partial charge in [-0.15, -0.1) is 0 Å². The molecule has 0 amide bonds. The van der Waals surface area contributed by atoms with Gasteiger partial charge in [0.25, 0.3) is 0 Å². The largest absolute Gasteiger partial charge is 0.376 e. The molecule has 0 radical (unpaired) electrons. The van der Waals surface area contributed by atoms with Gasteiger partial charge < -0.3 is 4.74 Å². The smallest absolute Gasteiger partial charge is 0.0933 e. The number of hydrazine groups is 1. The number of hydrogen-bond donors (Lipinski definition) is 2. The van der Waals surface area contributed by atoms with Gasteiger partial charge in [-0.2, -0.15) is 5.10 Å². The molecule has 1 saturated carbocycles. The van der Waals surface area contributed by atoms with Crippen molar-refractivity contribution in [1.82, 2.24) is 15.2 Å². The van der Waals surface area contributed by atoms with Crippen LogP contribution in [0.25, 0.3) is 0 Å². The Balaban J connectivity index is 2.39. The standard InChI is InChI=1S/C15H27ClN4O/c1-4-8-20-13(12(16)10-18-20)14(19-17)15(21-3)7-5-6-11(2)9-15/h10-11,14,19H,4-9,17H2,1-3H3. The molecular formula is C15H27ClN4O. The molecule has 1 fully saturated rings. The summed E-state index contributed by atoms with van der Waals surface area (Å²) in [5, 5.41) is 5.04. The zero-order chi connectivity index (χ0) is 15.5. The molecule has 1 aliphatic rings. The maximum absolute atomic E-state index is 6.39. The first kappa shape index (κ1) is 16.7. The summed E-state index contributed by atoms with van der Waals surface area (Å²) in [5.74, 6) is 6.53. The normalized spacial score (nSPS) is 27.8. The third kappa shape index (κ3) is 3.26. The van der Waals surface area contributed by atoms with Crippen molar-refractivity contribution >= 4 is 11.6 Å².